The summed E-state index contributed by atoms with van der Waals surface area (Å²) < 4.78 is 0. The van der Waals surface area contributed by atoms with Crippen LogP contribution in [0.1, 0.15) is 40.2 Å². The topological polar surface area (TPSA) is 74.6 Å². The fourth-order valence-electron chi connectivity index (χ4n) is 2.51. The van der Waals surface area contributed by atoms with Crippen LogP contribution in [0.25, 0.3) is 0 Å². The Morgan fingerprint density at radius 3 is 2.75 bits per heavy atom. The van der Waals surface area contributed by atoms with E-state index in [0.717, 1.165) is 5.56 Å². The van der Waals surface area contributed by atoms with Gasteiger partial charge in [-0.1, -0.05) is 18.2 Å². The molecule has 0 amide bonds. The quantitative estimate of drug-likeness (QED) is 0.826. The average Bonchev–Trinajstić information content (AvgIpc) is 2.37. The van der Waals surface area contributed by atoms with Gasteiger partial charge in [-0.2, -0.15) is 0 Å². The molecule has 0 fully saturated rings. The highest BCUT2D eigenvalue weighted by atomic mass is 16.4. The van der Waals surface area contributed by atoms with E-state index in [0.29, 0.717) is 24.8 Å². The third kappa shape index (κ3) is 2.96. The second-order valence-corrected chi connectivity index (χ2v) is 4.92. The number of aliphatic hydroxyl groups excluding tert-OH is 1. The van der Waals surface area contributed by atoms with Crippen LogP contribution in [0.5, 0.6) is 0 Å². The zero-order valence-electron chi connectivity index (χ0n) is 11.0. The van der Waals surface area contributed by atoms with Crippen molar-refractivity contribution in [1.29, 1.82) is 0 Å². The van der Waals surface area contributed by atoms with Crippen LogP contribution in [0.2, 0.25) is 0 Å². The lowest BCUT2D eigenvalue weighted by atomic mass is 9.84. The lowest BCUT2D eigenvalue weighted by molar-refractivity contribution is -0.115. The van der Waals surface area contributed by atoms with Crippen LogP contribution in [-0.2, 0) is 11.2 Å². The second-order valence-electron chi connectivity index (χ2n) is 4.92. The SMILES string of the molecule is C=CCc1cc(C2CC(=O)C=C(O)C2)ccc1C(=O)O. The Hall–Kier alpha value is -2.36. The van der Waals surface area contributed by atoms with E-state index < -0.39 is 5.97 Å². The summed E-state index contributed by atoms with van der Waals surface area (Å²) >= 11 is 0. The van der Waals surface area contributed by atoms with E-state index in [2.05, 4.69) is 6.58 Å². The number of allylic oxidation sites excluding steroid dienone is 3. The molecule has 104 valence electrons. The highest BCUT2D eigenvalue weighted by Gasteiger charge is 2.23. The maximum absolute atomic E-state index is 11.5. The highest BCUT2D eigenvalue weighted by Crippen LogP contribution is 2.31. The summed E-state index contributed by atoms with van der Waals surface area (Å²) in [6.07, 6.45) is 4.11. The molecule has 2 N–H and O–H groups in total. The lowest BCUT2D eigenvalue weighted by Gasteiger charge is -2.20. The van der Waals surface area contributed by atoms with Gasteiger partial charge in [0.05, 0.1) is 11.3 Å². The zero-order chi connectivity index (χ0) is 14.7. The fraction of sp³-hybridized carbons (Fsp3) is 0.250. The summed E-state index contributed by atoms with van der Waals surface area (Å²) in [6.45, 7) is 3.63. The third-order valence-corrected chi connectivity index (χ3v) is 3.43. The maximum Gasteiger partial charge on any atom is 0.335 e. The molecule has 0 heterocycles. The molecule has 1 aliphatic carbocycles. The summed E-state index contributed by atoms with van der Waals surface area (Å²) in [5, 5.41) is 18.7. The number of carbonyl (C=O) groups is 2. The largest absolute Gasteiger partial charge is 0.512 e. The van der Waals surface area contributed by atoms with Gasteiger partial charge < -0.3 is 10.2 Å². The predicted octanol–water partition coefficient (Wildman–Crippen LogP) is 3.00. The molecule has 1 unspecified atom stereocenters. The molecule has 1 atom stereocenters. The predicted molar refractivity (Wildman–Crippen MR) is 75.0 cm³/mol. The monoisotopic (exact) mass is 272 g/mol. The van der Waals surface area contributed by atoms with Crippen LogP contribution >= 0.6 is 0 Å². The van der Waals surface area contributed by atoms with E-state index in [1.807, 2.05) is 0 Å². The van der Waals surface area contributed by atoms with Gasteiger partial charge in [-0.05, 0) is 29.5 Å². The first-order valence-electron chi connectivity index (χ1n) is 6.40. The zero-order valence-corrected chi connectivity index (χ0v) is 11.0. The third-order valence-electron chi connectivity index (χ3n) is 3.43. The van der Waals surface area contributed by atoms with Gasteiger partial charge in [0.25, 0.3) is 0 Å². The Labute approximate surface area is 117 Å². The first kappa shape index (κ1) is 14.1. The Balaban J connectivity index is 2.36. The molecule has 0 bridgehead atoms. The summed E-state index contributed by atoms with van der Waals surface area (Å²) in [5.41, 5.74) is 1.79. The van der Waals surface area contributed by atoms with Crippen LogP contribution < -0.4 is 0 Å². The minimum absolute atomic E-state index is 0.0823. The van der Waals surface area contributed by atoms with Crippen molar-refractivity contribution in [3.05, 3.63) is 59.4 Å². The molecular formula is C16H16O4. The van der Waals surface area contributed by atoms with Crippen LogP contribution in [0.3, 0.4) is 0 Å². The van der Waals surface area contributed by atoms with Gasteiger partial charge in [-0.25, -0.2) is 4.79 Å². The number of ketones is 1. The fourth-order valence-corrected chi connectivity index (χ4v) is 2.51. The highest BCUT2D eigenvalue weighted by molar-refractivity contribution is 5.92. The van der Waals surface area contributed by atoms with Crippen molar-refractivity contribution in [2.24, 2.45) is 0 Å². The van der Waals surface area contributed by atoms with Gasteiger partial charge in [0, 0.05) is 18.9 Å². The molecule has 0 aromatic heterocycles. The summed E-state index contributed by atoms with van der Waals surface area (Å²) in [6, 6.07) is 5.06. The Morgan fingerprint density at radius 2 is 2.15 bits per heavy atom. The van der Waals surface area contributed by atoms with Crippen molar-refractivity contribution in [2.45, 2.75) is 25.2 Å². The van der Waals surface area contributed by atoms with E-state index in [1.165, 1.54) is 6.08 Å². The van der Waals surface area contributed by atoms with Gasteiger partial charge >= 0.3 is 5.97 Å². The van der Waals surface area contributed by atoms with Gasteiger partial charge in [-0.15, -0.1) is 6.58 Å². The molecule has 1 aliphatic rings. The number of aromatic carboxylic acids is 1. The Kier molecular flexibility index (Phi) is 4.03. The van der Waals surface area contributed by atoms with Crippen LogP contribution in [0, 0.1) is 0 Å². The smallest absolute Gasteiger partial charge is 0.335 e. The molecule has 1 aromatic carbocycles. The van der Waals surface area contributed by atoms with Gasteiger partial charge in [0.15, 0.2) is 5.78 Å². The maximum atomic E-state index is 11.5. The molecule has 0 saturated carbocycles. The van der Waals surface area contributed by atoms with Crippen molar-refractivity contribution in [3.8, 4) is 0 Å². The number of benzene rings is 1. The van der Waals surface area contributed by atoms with E-state index in [1.54, 1.807) is 24.3 Å². The molecule has 0 aliphatic heterocycles. The number of carboxylic acids is 1. The van der Waals surface area contributed by atoms with E-state index in [-0.39, 0.29) is 23.0 Å². The van der Waals surface area contributed by atoms with Gasteiger partial charge in [0.1, 0.15) is 0 Å². The number of carbonyl (C=O) groups excluding carboxylic acids is 1. The molecule has 20 heavy (non-hydrogen) atoms. The molecule has 1 aromatic rings. The minimum Gasteiger partial charge on any atom is -0.512 e. The van der Waals surface area contributed by atoms with E-state index >= 15 is 0 Å². The Morgan fingerprint density at radius 1 is 1.40 bits per heavy atom. The first-order valence-corrected chi connectivity index (χ1v) is 6.40. The molecule has 2 rings (SSSR count). The molecular weight excluding hydrogens is 256 g/mol. The van der Waals surface area contributed by atoms with Crippen LogP contribution in [0.15, 0.2) is 42.7 Å². The van der Waals surface area contributed by atoms with Crippen molar-refractivity contribution in [3.63, 3.8) is 0 Å². The summed E-state index contributed by atoms with van der Waals surface area (Å²) in [5.74, 6) is -1.10. The number of carboxylic acid groups (broad SMARTS) is 1. The number of hydrogen-bond donors (Lipinski definition) is 2. The lowest BCUT2D eigenvalue weighted by Crippen LogP contribution is -2.13. The normalized spacial score (nSPS) is 18.5. The van der Waals surface area contributed by atoms with Crippen molar-refractivity contribution >= 4 is 11.8 Å². The molecule has 0 saturated heterocycles. The van der Waals surface area contributed by atoms with E-state index in [9.17, 15) is 14.7 Å². The van der Waals surface area contributed by atoms with Gasteiger partial charge in [-0.3, -0.25) is 4.79 Å². The minimum atomic E-state index is -0.976. The Bertz CT molecular complexity index is 598. The standard InChI is InChI=1S/C16H16O4/c1-2-3-11-6-10(4-5-15(11)16(19)20)12-7-13(17)9-14(18)8-12/h2,4-6,9,12,17H,1,3,7-8H2,(H,19,20). The molecule has 0 spiro atoms. The number of rotatable bonds is 4. The first-order chi connectivity index (χ1) is 9.51. The molecule has 4 nitrogen and oxygen atoms in total. The summed E-state index contributed by atoms with van der Waals surface area (Å²) in [4.78, 5) is 22.6. The molecule has 4 heteroatoms. The number of hydrogen-bond acceptors (Lipinski definition) is 3. The summed E-state index contributed by atoms with van der Waals surface area (Å²) in [7, 11) is 0. The number of aliphatic hydroxyl groups is 1. The van der Waals surface area contributed by atoms with Crippen molar-refractivity contribution < 1.29 is 19.8 Å². The second kappa shape index (κ2) is 5.74. The molecule has 0 radical (unpaired) electrons. The van der Waals surface area contributed by atoms with E-state index in [4.69, 9.17) is 5.11 Å². The average molecular weight is 272 g/mol. The van der Waals surface area contributed by atoms with Crippen molar-refractivity contribution in [1.82, 2.24) is 0 Å². The van der Waals surface area contributed by atoms with Crippen LogP contribution in [-0.4, -0.2) is 22.0 Å². The van der Waals surface area contributed by atoms with Crippen molar-refractivity contribution in [2.75, 3.05) is 0 Å². The van der Waals surface area contributed by atoms with Gasteiger partial charge in [0.2, 0.25) is 0 Å². The van der Waals surface area contributed by atoms with Crippen LogP contribution in [0.4, 0.5) is 0 Å².